The molecule has 76 valence electrons. The van der Waals surface area contributed by atoms with Gasteiger partial charge in [0.15, 0.2) is 0 Å². The number of nitrogens with one attached hydrogen (secondary N) is 1. The Hall–Kier alpha value is -1.06. The summed E-state index contributed by atoms with van der Waals surface area (Å²) in [6.07, 6.45) is 0. The molecule has 14 heavy (non-hydrogen) atoms. The lowest BCUT2D eigenvalue weighted by molar-refractivity contribution is -0.0168. The van der Waals surface area contributed by atoms with Crippen molar-refractivity contribution in [3.8, 4) is 5.75 Å². The van der Waals surface area contributed by atoms with Crippen molar-refractivity contribution in [3.05, 3.63) is 29.8 Å². The number of hydrogen-bond acceptors (Lipinski definition) is 3. The van der Waals surface area contributed by atoms with Crippen LogP contribution >= 0.6 is 0 Å². The molecule has 1 fully saturated rings. The van der Waals surface area contributed by atoms with Gasteiger partial charge in [-0.25, -0.2) is 0 Å². The largest absolute Gasteiger partial charge is 0.493 e. The first-order valence-electron chi connectivity index (χ1n) is 4.92. The van der Waals surface area contributed by atoms with E-state index in [1.165, 1.54) is 0 Å². The van der Waals surface area contributed by atoms with Gasteiger partial charge in [0.05, 0.1) is 6.61 Å². The summed E-state index contributed by atoms with van der Waals surface area (Å²) < 4.78 is 5.47. The third-order valence-corrected chi connectivity index (χ3v) is 2.52. The van der Waals surface area contributed by atoms with Crippen LogP contribution in [-0.2, 0) is 5.60 Å². The van der Waals surface area contributed by atoms with Crippen LogP contribution in [-0.4, -0.2) is 24.8 Å². The highest BCUT2D eigenvalue weighted by Crippen LogP contribution is 2.32. The molecule has 1 saturated heterocycles. The molecule has 1 heterocycles. The monoisotopic (exact) mass is 193 g/mol. The van der Waals surface area contributed by atoms with Crippen LogP contribution in [0.1, 0.15) is 12.5 Å². The van der Waals surface area contributed by atoms with Crippen LogP contribution in [0.15, 0.2) is 24.3 Å². The SMILES string of the molecule is CCOc1ccccc1C1(O)CNC1. The van der Waals surface area contributed by atoms with Gasteiger partial charge in [-0.1, -0.05) is 18.2 Å². The minimum Gasteiger partial charge on any atom is -0.493 e. The van der Waals surface area contributed by atoms with E-state index in [-0.39, 0.29) is 0 Å². The summed E-state index contributed by atoms with van der Waals surface area (Å²) in [5.41, 5.74) is 0.159. The van der Waals surface area contributed by atoms with Crippen LogP contribution in [0.3, 0.4) is 0 Å². The Kier molecular flexibility index (Phi) is 2.44. The van der Waals surface area contributed by atoms with Gasteiger partial charge in [-0.2, -0.15) is 0 Å². The first-order chi connectivity index (χ1) is 6.76. The Bertz CT molecular complexity index is 321. The topological polar surface area (TPSA) is 41.5 Å². The molecule has 0 atom stereocenters. The summed E-state index contributed by atoms with van der Waals surface area (Å²) in [5.74, 6) is 0.791. The molecule has 0 spiro atoms. The van der Waals surface area contributed by atoms with Gasteiger partial charge in [-0.15, -0.1) is 0 Å². The zero-order valence-corrected chi connectivity index (χ0v) is 8.29. The van der Waals surface area contributed by atoms with E-state index in [2.05, 4.69) is 5.32 Å². The van der Waals surface area contributed by atoms with Gasteiger partial charge in [0.1, 0.15) is 11.4 Å². The van der Waals surface area contributed by atoms with Crippen LogP contribution in [0.4, 0.5) is 0 Å². The number of aliphatic hydroxyl groups is 1. The summed E-state index contributed by atoms with van der Waals surface area (Å²) in [4.78, 5) is 0. The Balaban J connectivity index is 2.31. The van der Waals surface area contributed by atoms with Gasteiger partial charge >= 0.3 is 0 Å². The van der Waals surface area contributed by atoms with E-state index in [0.29, 0.717) is 19.7 Å². The molecule has 1 aliphatic rings. The van der Waals surface area contributed by atoms with Crippen LogP contribution in [0.5, 0.6) is 5.75 Å². The second-order valence-corrected chi connectivity index (χ2v) is 3.56. The predicted octanol–water partition coefficient (Wildman–Crippen LogP) is 0.876. The highest BCUT2D eigenvalue weighted by atomic mass is 16.5. The van der Waals surface area contributed by atoms with Crippen molar-refractivity contribution in [1.29, 1.82) is 0 Å². The van der Waals surface area contributed by atoms with Crippen molar-refractivity contribution in [3.63, 3.8) is 0 Å². The minimum atomic E-state index is -0.730. The molecule has 2 rings (SSSR count). The summed E-state index contributed by atoms with van der Waals surface area (Å²) in [6.45, 7) is 3.79. The summed E-state index contributed by atoms with van der Waals surface area (Å²) in [5, 5.41) is 13.2. The Morgan fingerprint density at radius 1 is 1.43 bits per heavy atom. The van der Waals surface area contributed by atoms with E-state index >= 15 is 0 Å². The lowest BCUT2D eigenvalue weighted by Gasteiger charge is -2.38. The van der Waals surface area contributed by atoms with Crippen LogP contribution in [0.25, 0.3) is 0 Å². The maximum absolute atomic E-state index is 10.1. The zero-order chi connectivity index (χ0) is 10.0. The maximum atomic E-state index is 10.1. The standard InChI is InChI=1S/C11H15NO2/c1-2-14-10-6-4-3-5-9(10)11(13)7-12-8-11/h3-6,12-13H,2,7-8H2,1H3. The average Bonchev–Trinajstić information content (AvgIpc) is 2.16. The van der Waals surface area contributed by atoms with Gasteiger partial charge in [-0.05, 0) is 13.0 Å². The fourth-order valence-electron chi connectivity index (χ4n) is 1.68. The molecule has 0 aliphatic carbocycles. The fourth-order valence-corrected chi connectivity index (χ4v) is 1.68. The van der Waals surface area contributed by atoms with Crippen LogP contribution in [0, 0.1) is 0 Å². The molecule has 1 aliphatic heterocycles. The molecule has 0 saturated carbocycles. The molecule has 0 unspecified atom stereocenters. The molecule has 0 aromatic heterocycles. The van der Waals surface area contributed by atoms with Crippen LogP contribution < -0.4 is 10.1 Å². The van der Waals surface area contributed by atoms with Crippen molar-refractivity contribution in [2.45, 2.75) is 12.5 Å². The lowest BCUT2D eigenvalue weighted by atomic mass is 9.87. The van der Waals surface area contributed by atoms with Gasteiger partial charge in [0.2, 0.25) is 0 Å². The molecular formula is C11H15NO2. The van der Waals surface area contributed by atoms with Crippen molar-refractivity contribution in [2.24, 2.45) is 0 Å². The predicted molar refractivity (Wildman–Crippen MR) is 54.4 cm³/mol. The second kappa shape index (κ2) is 3.59. The van der Waals surface area contributed by atoms with Gasteiger partial charge < -0.3 is 15.2 Å². The maximum Gasteiger partial charge on any atom is 0.125 e. The number of rotatable bonds is 3. The lowest BCUT2D eigenvalue weighted by Crippen LogP contribution is -2.56. The second-order valence-electron chi connectivity index (χ2n) is 3.56. The number of hydrogen-bond donors (Lipinski definition) is 2. The molecule has 0 amide bonds. The van der Waals surface area contributed by atoms with E-state index in [4.69, 9.17) is 4.74 Å². The molecular weight excluding hydrogens is 178 g/mol. The fraction of sp³-hybridized carbons (Fsp3) is 0.455. The van der Waals surface area contributed by atoms with Crippen molar-refractivity contribution < 1.29 is 9.84 Å². The third kappa shape index (κ3) is 1.49. The Labute approximate surface area is 83.7 Å². The van der Waals surface area contributed by atoms with E-state index < -0.39 is 5.60 Å². The van der Waals surface area contributed by atoms with Gasteiger partial charge in [-0.3, -0.25) is 0 Å². The molecule has 3 heteroatoms. The quantitative estimate of drug-likeness (QED) is 0.748. The van der Waals surface area contributed by atoms with Gasteiger partial charge in [0.25, 0.3) is 0 Å². The molecule has 1 aromatic carbocycles. The first kappa shape index (κ1) is 9.49. The Morgan fingerprint density at radius 3 is 2.71 bits per heavy atom. The summed E-state index contributed by atoms with van der Waals surface area (Å²) in [7, 11) is 0. The molecule has 0 radical (unpaired) electrons. The number of benzene rings is 1. The summed E-state index contributed by atoms with van der Waals surface area (Å²) in [6, 6.07) is 7.67. The Morgan fingerprint density at radius 2 is 2.14 bits per heavy atom. The minimum absolute atomic E-state index is 0.608. The van der Waals surface area contributed by atoms with Crippen molar-refractivity contribution >= 4 is 0 Å². The normalized spacial score (nSPS) is 18.7. The molecule has 2 N–H and O–H groups in total. The smallest absolute Gasteiger partial charge is 0.125 e. The van der Waals surface area contributed by atoms with E-state index in [0.717, 1.165) is 11.3 Å². The van der Waals surface area contributed by atoms with E-state index in [9.17, 15) is 5.11 Å². The molecule has 1 aromatic rings. The van der Waals surface area contributed by atoms with E-state index in [1.807, 2.05) is 31.2 Å². The molecule has 0 bridgehead atoms. The third-order valence-electron chi connectivity index (χ3n) is 2.52. The molecule has 3 nitrogen and oxygen atoms in total. The zero-order valence-electron chi connectivity index (χ0n) is 8.29. The number of ether oxygens (including phenoxy) is 1. The van der Waals surface area contributed by atoms with Crippen molar-refractivity contribution in [2.75, 3.05) is 19.7 Å². The van der Waals surface area contributed by atoms with E-state index in [1.54, 1.807) is 0 Å². The highest BCUT2D eigenvalue weighted by Gasteiger charge is 2.38. The number of β-amino-alcohol motifs (C(OH)–C–C–N with tert-alkyl or cyclic N) is 1. The average molecular weight is 193 g/mol. The first-order valence-corrected chi connectivity index (χ1v) is 4.92. The highest BCUT2D eigenvalue weighted by molar-refractivity contribution is 5.40. The van der Waals surface area contributed by atoms with Crippen molar-refractivity contribution in [1.82, 2.24) is 5.32 Å². The summed E-state index contributed by atoms with van der Waals surface area (Å²) >= 11 is 0. The number of para-hydroxylation sites is 1. The van der Waals surface area contributed by atoms with Crippen LogP contribution in [0.2, 0.25) is 0 Å². The van der Waals surface area contributed by atoms with Gasteiger partial charge in [0, 0.05) is 18.7 Å².